The zero-order valence-corrected chi connectivity index (χ0v) is 12.7. The molecule has 0 aliphatic rings. The van der Waals surface area contributed by atoms with Crippen LogP contribution in [0.4, 0.5) is 0 Å². The van der Waals surface area contributed by atoms with E-state index in [1.165, 1.54) is 17.6 Å². The Morgan fingerprint density at radius 2 is 2.00 bits per heavy atom. The van der Waals surface area contributed by atoms with Crippen LogP contribution in [0.15, 0.2) is 0 Å². The highest BCUT2D eigenvalue weighted by atomic mass is 32.2. The first-order chi connectivity index (χ1) is 7.50. The summed E-state index contributed by atoms with van der Waals surface area (Å²) in [6.45, 7) is 5.98. The van der Waals surface area contributed by atoms with Crippen molar-refractivity contribution in [2.45, 2.75) is 31.9 Å². The van der Waals surface area contributed by atoms with E-state index in [1.54, 1.807) is 0 Å². The SMILES string of the molecule is CC(C)(C)c1nc(CS(C)(=O)=O)sc1C(N)=S. The number of thiazole rings is 1. The highest BCUT2D eigenvalue weighted by molar-refractivity contribution is 7.90. The second-order valence-electron chi connectivity index (χ2n) is 4.97. The predicted molar refractivity (Wildman–Crippen MR) is 75.2 cm³/mol. The lowest BCUT2D eigenvalue weighted by molar-refractivity contribution is 0.569. The molecular formula is C10H16N2O2S3. The largest absolute Gasteiger partial charge is 0.389 e. The molecule has 7 heteroatoms. The van der Waals surface area contributed by atoms with E-state index >= 15 is 0 Å². The molecule has 0 saturated carbocycles. The van der Waals surface area contributed by atoms with Gasteiger partial charge < -0.3 is 5.73 Å². The number of sulfone groups is 1. The molecule has 0 amide bonds. The highest BCUT2D eigenvalue weighted by Crippen LogP contribution is 2.30. The van der Waals surface area contributed by atoms with Gasteiger partial charge in [-0.25, -0.2) is 13.4 Å². The van der Waals surface area contributed by atoms with Crippen molar-refractivity contribution in [1.82, 2.24) is 4.98 Å². The average molecular weight is 292 g/mol. The molecule has 4 nitrogen and oxygen atoms in total. The van der Waals surface area contributed by atoms with E-state index in [4.69, 9.17) is 18.0 Å². The summed E-state index contributed by atoms with van der Waals surface area (Å²) in [6, 6.07) is 0. The number of rotatable bonds is 3. The molecule has 0 aromatic carbocycles. The number of thiocarbonyl (C=S) groups is 1. The topological polar surface area (TPSA) is 73.0 Å². The molecule has 0 bridgehead atoms. The average Bonchev–Trinajstić information content (AvgIpc) is 2.43. The van der Waals surface area contributed by atoms with Gasteiger partial charge in [0.05, 0.1) is 10.6 Å². The molecule has 0 unspecified atom stereocenters. The first-order valence-corrected chi connectivity index (χ1v) is 8.27. The van der Waals surface area contributed by atoms with E-state index in [-0.39, 0.29) is 16.2 Å². The minimum atomic E-state index is -3.09. The van der Waals surface area contributed by atoms with Gasteiger partial charge in [-0.15, -0.1) is 11.3 Å². The summed E-state index contributed by atoms with van der Waals surface area (Å²) in [4.78, 5) is 5.34. The Kier molecular flexibility index (Phi) is 3.95. The Morgan fingerprint density at radius 3 is 2.29 bits per heavy atom. The summed E-state index contributed by atoms with van der Waals surface area (Å²) >= 11 is 6.24. The van der Waals surface area contributed by atoms with Gasteiger partial charge in [0, 0.05) is 11.7 Å². The van der Waals surface area contributed by atoms with Crippen molar-refractivity contribution in [2.75, 3.05) is 6.26 Å². The molecule has 1 rings (SSSR count). The maximum Gasteiger partial charge on any atom is 0.153 e. The van der Waals surface area contributed by atoms with Crippen LogP contribution in [0.1, 0.15) is 36.3 Å². The Labute approximate surface area is 111 Å². The van der Waals surface area contributed by atoms with Crippen LogP contribution in [0.25, 0.3) is 0 Å². The zero-order valence-electron chi connectivity index (χ0n) is 10.3. The Hall–Kier alpha value is -0.530. The van der Waals surface area contributed by atoms with Crippen molar-refractivity contribution in [3.63, 3.8) is 0 Å². The van der Waals surface area contributed by atoms with Crippen molar-refractivity contribution in [2.24, 2.45) is 5.73 Å². The van der Waals surface area contributed by atoms with E-state index < -0.39 is 9.84 Å². The van der Waals surface area contributed by atoms with Crippen LogP contribution in [0.2, 0.25) is 0 Å². The van der Waals surface area contributed by atoms with Gasteiger partial charge >= 0.3 is 0 Å². The van der Waals surface area contributed by atoms with Gasteiger partial charge in [0.15, 0.2) is 9.84 Å². The van der Waals surface area contributed by atoms with Gasteiger partial charge in [-0.1, -0.05) is 33.0 Å². The predicted octanol–water partition coefficient (Wildman–Crippen LogP) is 1.62. The van der Waals surface area contributed by atoms with E-state index in [2.05, 4.69) is 4.98 Å². The fourth-order valence-electron chi connectivity index (χ4n) is 1.33. The Balaban J connectivity index is 3.27. The monoisotopic (exact) mass is 292 g/mol. The minimum Gasteiger partial charge on any atom is -0.389 e. The molecule has 0 atom stereocenters. The van der Waals surface area contributed by atoms with Crippen molar-refractivity contribution < 1.29 is 8.42 Å². The van der Waals surface area contributed by atoms with Gasteiger partial charge in [0.2, 0.25) is 0 Å². The summed E-state index contributed by atoms with van der Waals surface area (Å²) in [5.41, 5.74) is 6.21. The second kappa shape index (κ2) is 4.62. The zero-order chi connectivity index (χ0) is 13.4. The quantitative estimate of drug-likeness (QED) is 0.857. The van der Waals surface area contributed by atoms with Crippen LogP contribution < -0.4 is 5.73 Å². The van der Waals surface area contributed by atoms with Gasteiger partial charge in [-0.05, 0) is 0 Å². The van der Waals surface area contributed by atoms with Crippen LogP contribution in [0.3, 0.4) is 0 Å². The van der Waals surface area contributed by atoms with Crippen LogP contribution in [-0.4, -0.2) is 24.6 Å². The molecule has 17 heavy (non-hydrogen) atoms. The molecule has 96 valence electrons. The molecule has 0 aliphatic carbocycles. The third-order valence-corrected chi connectivity index (χ3v) is 4.39. The third-order valence-electron chi connectivity index (χ3n) is 1.99. The van der Waals surface area contributed by atoms with Crippen molar-refractivity contribution in [1.29, 1.82) is 0 Å². The van der Waals surface area contributed by atoms with E-state index in [9.17, 15) is 8.42 Å². The van der Waals surface area contributed by atoms with Crippen molar-refractivity contribution >= 4 is 38.4 Å². The van der Waals surface area contributed by atoms with E-state index in [1.807, 2.05) is 20.8 Å². The molecular weight excluding hydrogens is 276 g/mol. The molecule has 2 N–H and O–H groups in total. The highest BCUT2D eigenvalue weighted by Gasteiger charge is 2.25. The van der Waals surface area contributed by atoms with Crippen LogP contribution in [0.5, 0.6) is 0 Å². The fourth-order valence-corrected chi connectivity index (χ4v) is 3.86. The lowest BCUT2D eigenvalue weighted by Crippen LogP contribution is -2.19. The van der Waals surface area contributed by atoms with Gasteiger partial charge in [-0.3, -0.25) is 0 Å². The molecule has 0 saturated heterocycles. The fraction of sp³-hybridized carbons (Fsp3) is 0.600. The normalized spacial score (nSPS) is 12.7. The summed E-state index contributed by atoms with van der Waals surface area (Å²) in [5, 5.41) is 0.542. The summed E-state index contributed by atoms with van der Waals surface area (Å²) in [7, 11) is -3.09. The van der Waals surface area contributed by atoms with Gasteiger partial charge in [0.25, 0.3) is 0 Å². The number of nitrogens with zero attached hydrogens (tertiary/aromatic N) is 1. The van der Waals surface area contributed by atoms with Gasteiger partial charge in [0.1, 0.15) is 15.7 Å². The molecule has 1 heterocycles. The lowest BCUT2D eigenvalue weighted by Gasteiger charge is -2.16. The first kappa shape index (κ1) is 14.5. The molecule has 1 aromatic rings. The molecule has 0 fully saturated rings. The first-order valence-electron chi connectivity index (χ1n) is 4.98. The van der Waals surface area contributed by atoms with Crippen LogP contribution >= 0.6 is 23.6 Å². The van der Waals surface area contributed by atoms with Crippen molar-refractivity contribution in [3.05, 3.63) is 15.6 Å². The maximum atomic E-state index is 11.2. The Morgan fingerprint density at radius 1 is 1.47 bits per heavy atom. The minimum absolute atomic E-state index is 0.0661. The standard InChI is InChI=1S/C10H16N2O2S3/c1-10(2,3)8-7(9(11)15)16-6(12-8)5-17(4,13)14/h5H2,1-4H3,(H2,11,15). The molecule has 0 spiro atoms. The number of nitrogens with two attached hydrogens (primary N) is 1. The van der Waals surface area contributed by atoms with E-state index in [0.29, 0.717) is 9.88 Å². The van der Waals surface area contributed by atoms with Crippen LogP contribution in [-0.2, 0) is 21.0 Å². The Bertz CT molecular complexity index is 538. The smallest absolute Gasteiger partial charge is 0.153 e. The second-order valence-corrected chi connectivity index (χ2v) is 8.63. The van der Waals surface area contributed by atoms with Crippen molar-refractivity contribution in [3.8, 4) is 0 Å². The maximum absolute atomic E-state index is 11.2. The molecule has 1 aromatic heterocycles. The number of hydrogen-bond acceptors (Lipinski definition) is 5. The van der Waals surface area contributed by atoms with E-state index in [0.717, 1.165) is 5.69 Å². The molecule has 0 aliphatic heterocycles. The third kappa shape index (κ3) is 4.01. The van der Waals surface area contributed by atoms with Gasteiger partial charge in [-0.2, -0.15) is 0 Å². The van der Waals surface area contributed by atoms with Crippen LogP contribution in [0, 0.1) is 0 Å². The summed E-state index contributed by atoms with van der Waals surface area (Å²) in [5.74, 6) is -0.0661. The molecule has 0 radical (unpaired) electrons. The lowest BCUT2D eigenvalue weighted by atomic mass is 9.91. The summed E-state index contributed by atoms with van der Waals surface area (Å²) in [6.07, 6.45) is 1.19. The number of hydrogen-bond donors (Lipinski definition) is 1. The summed E-state index contributed by atoms with van der Waals surface area (Å²) < 4.78 is 22.5. The number of aromatic nitrogens is 1.